The molecule has 2 rings (SSSR count). The number of nitriles is 1. The molecule has 0 saturated heterocycles. The van der Waals surface area contributed by atoms with Crippen molar-refractivity contribution < 1.29 is 4.74 Å². The standard InChI is InChI=1S/C16H15BrN2O/c1-11-4-3-5-15(14(11)9-18)19-10-12-8-13(17)6-7-16(12)20-2/h3-8,19H,10H2,1-2H3. The molecule has 0 spiro atoms. The molecule has 0 heterocycles. The summed E-state index contributed by atoms with van der Waals surface area (Å²) in [7, 11) is 1.65. The molecule has 0 aliphatic rings. The summed E-state index contributed by atoms with van der Waals surface area (Å²) < 4.78 is 6.34. The van der Waals surface area contributed by atoms with Crippen molar-refractivity contribution in [2.45, 2.75) is 13.5 Å². The molecule has 0 aromatic heterocycles. The Morgan fingerprint density at radius 1 is 1.30 bits per heavy atom. The monoisotopic (exact) mass is 330 g/mol. The first-order valence-corrected chi connectivity index (χ1v) is 7.01. The highest BCUT2D eigenvalue weighted by Gasteiger charge is 2.07. The lowest BCUT2D eigenvalue weighted by molar-refractivity contribution is 0.410. The zero-order valence-corrected chi connectivity index (χ0v) is 13.0. The number of halogens is 1. The van der Waals surface area contributed by atoms with Crippen molar-refractivity contribution in [1.82, 2.24) is 0 Å². The van der Waals surface area contributed by atoms with Gasteiger partial charge in [-0.25, -0.2) is 0 Å². The minimum absolute atomic E-state index is 0.598. The average molecular weight is 331 g/mol. The second kappa shape index (κ2) is 6.44. The van der Waals surface area contributed by atoms with E-state index in [1.54, 1.807) is 7.11 Å². The van der Waals surface area contributed by atoms with Crippen LogP contribution in [0.1, 0.15) is 16.7 Å². The lowest BCUT2D eigenvalue weighted by Crippen LogP contribution is -2.04. The second-order valence-corrected chi connectivity index (χ2v) is 5.33. The van der Waals surface area contributed by atoms with E-state index in [-0.39, 0.29) is 0 Å². The zero-order chi connectivity index (χ0) is 14.5. The van der Waals surface area contributed by atoms with Crippen LogP contribution in [0.25, 0.3) is 0 Å². The molecule has 0 bridgehead atoms. The van der Waals surface area contributed by atoms with Crippen LogP contribution in [0.5, 0.6) is 5.75 Å². The summed E-state index contributed by atoms with van der Waals surface area (Å²) in [6, 6.07) is 13.9. The minimum Gasteiger partial charge on any atom is -0.496 e. The highest BCUT2D eigenvalue weighted by Crippen LogP contribution is 2.25. The third-order valence-electron chi connectivity index (χ3n) is 3.10. The lowest BCUT2D eigenvalue weighted by atomic mass is 10.1. The smallest absolute Gasteiger partial charge is 0.123 e. The van der Waals surface area contributed by atoms with Crippen molar-refractivity contribution in [1.29, 1.82) is 5.26 Å². The first-order chi connectivity index (χ1) is 9.65. The highest BCUT2D eigenvalue weighted by atomic mass is 79.9. The SMILES string of the molecule is COc1ccc(Br)cc1CNc1cccc(C)c1C#N. The van der Waals surface area contributed by atoms with Crippen molar-refractivity contribution >= 4 is 21.6 Å². The minimum atomic E-state index is 0.598. The number of rotatable bonds is 4. The molecule has 0 aliphatic heterocycles. The van der Waals surface area contributed by atoms with Gasteiger partial charge in [-0.05, 0) is 36.8 Å². The molecule has 0 atom stereocenters. The molecule has 1 N–H and O–H groups in total. The van der Waals surface area contributed by atoms with Crippen LogP contribution in [0.2, 0.25) is 0 Å². The van der Waals surface area contributed by atoms with Gasteiger partial charge in [0.15, 0.2) is 0 Å². The Morgan fingerprint density at radius 2 is 2.10 bits per heavy atom. The van der Waals surface area contributed by atoms with Crippen LogP contribution in [0, 0.1) is 18.3 Å². The van der Waals surface area contributed by atoms with Crippen LogP contribution >= 0.6 is 15.9 Å². The maximum absolute atomic E-state index is 9.22. The average Bonchev–Trinajstić information content (AvgIpc) is 2.45. The van der Waals surface area contributed by atoms with Crippen molar-refractivity contribution in [3.63, 3.8) is 0 Å². The van der Waals surface area contributed by atoms with E-state index >= 15 is 0 Å². The van der Waals surface area contributed by atoms with E-state index in [9.17, 15) is 5.26 Å². The largest absolute Gasteiger partial charge is 0.496 e. The van der Waals surface area contributed by atoms with Gasteiger partial charge in [0, 0.05) is 16.6 Å². The number of methoxy groups -OCH3 is 1. The van der Waals surface area contributed by atoms with Gasteiger partial charge in [0.25, 0.3) is 0 Å². The molecule has 0 aliphatic carbocycles. The summed E-state index contributed by atoms with van der Waals surface area (Å²) >= 11 is 3.46. The normalized spacial score (nSPS) is 9.90. The van der Waals surface area contributed by atoms with Crippen LogP contribution < -0.4 is 10.1 Å². The first kappa shape index (κ1) is 14.4. The summed E-state index contributed by atoms with van der Waals surface area (Å²) in [6.45, 7) is 2.53. The predicted octanol–water partition coefficient (Wildman–Crippen LogP) is 4.25. The van der Waals surface area contributed by atoms with Gasteiger partial charge < -0.3 is 10.1 Å². The first-order valence-electron chi connectivity index (χ1n) is 6.21. The van der Waals surface area contributed by atoms with Gasteiger partial charge in [-0.1, -0.05) is 28.1 Å². The maximum atomic E-state index is 9.22. The van der Waals surface area contributed by atoms with Gasteiger partial charge in [0.1, 0.15) is 11.8 Å². The molecule has 102 valence electrons. The fourth-order valence-corrected chi connectivity index (χ4v) is 2.45. The highest BCUT2D eigenvalue weighted by molar-refractivity contribution is 9.10. The molecule has 2 aromatic rings. The van der Waals surface area contributed by atoms with E-state index < -0.39 is 0 Å². The van der Waals surface area contributed by atoms with Crippen molar-refractivity contribution in [3.8, 4) is 11.8 Å². The van der Waals surface area contributed by atoms with Crippen molar-refractivity contribution in [2.75, 3.05) is 12.4 Å². The molecule has 0 fully saturated rings. The molecule has 0 saturated carbocycles. The third kappa shape index (κ3) is 3.12. The number of nitrogens with zero attached hydrogens (tertiary/aromatic N) is 1. The Hall–Kier alpha value is -1.99. The summed E-state index contributed by atoms with van der Waals surface area (Å²) in [5.41, 5.74) is 3.53. The molecule has 0 radical (unpaired) electrons. The number of aryl methyl sites for hydroxylation is 1. The number of benzene rings is 2. The van der Waals surface area contributed by atoms with Gasteiger partial charge >= 0.3 is 0 Å². The van der Waals surface area contributed by atoms with E-state index in [2.05, 4.69) is 27.3 Å². The molecule has 20 heavy (non-hydrogen) atoms. The summed E-state index contributed by atoms with van der Waals surface area (Å²) in [5, 5.41) is 12.5. The fraction of sp³-hybridized carbons (Fsp3) is 0.188. The number of nitrogens with one attached hydrogen (secondary N) is 1. The Bertz CT molecular complexity index is 662. The molecular weight excluding hydrogens is 316 g/mol. The molecule has 3 nitrogen and oxygen atoms in total. The number of hydrogen-bond donors (Lipinski definition) is 1. The van der Waals surface area contributed by atoms with Crippen molar-refractivity contribution in [3.05, 3.63) is 57.6 Å². The van der Waals surface area contributed by atoms with E-state index in [0.29, 0.717) is 12.1 Å². The molecule has 4 heteroatoms. The maximum Gasteiger partial charge on any atom is 0.123 e. The van der Waals surface area contributed by atoms with Crippen LogP contribution in [0.15, 0.2) is 40.9 Å². The van der Waals surface area contributed by atoms with Gasteiger partial charge in [0.2, 0.25) is 0 Å². The molecular formula is C16H15BrN2O. The molecule has 0 amide bonds. The summed E-state index contributed by atoms with van der Waals surface area (Å²) in [6.07, 6.45) is 0. The Balaban J connectivity index is 2.24. The van der Waals surface area contributed by atoms with Gasteiger partial charge in [-0.3, -0.25) is 0 Å². The Labute approximate surface area is 127 Å². The van der Waals surface area contributed by atoms with Crippen LogP contribution in [-0.2, 0) is 6.54 Å². The van der Waals surface area contributed by atoms with Crippen LogP contribution in [0.4, 0.5) is 5.69 Å². The zero-order valence-electron chi connectivity index (χ0n) is 11.4. The molecule has 0 unspecified atom stereocenters. The van der Waals surface area contributed by atoms with Crippen molar-refractivity contribution in [2.24, 2.45) is 0 Å². The second-order valence-electron chi connectivity index (χ2n) is 4.42. The predicted molar refractivity (Wildman–Crippen MR) is 83.9 cm³/mol. The lowest BCUT2D eigenvalue weighted by Gasteiger charge is -2.13. The van der Waals surface area contributed by atoms with E-state index in [4.69, 9.17) is 4.74 Å². The number of ether oxygens (including phenoxy) is 1. The van der Waals surface area contributed by atoms with Crippen LogP contribution in [-0.4, -0.2) is 7.11 Å². The van der Waals surface area contributed by atoms with Gasteiger partial charge in [-0.15, -0.1) is 0 Å². The number of anilines is 1. The topological polar surface area (TPSA) is 45.0 Å². The van der Waals surface area contributed by atoms with Crippen LogP contribution in [0.3, 0.4) is 0 Å². The van der Waals surface area contributed by atoms with Gasteiger partial charge in [0.05, 0.1) is 18.4 Å². The van der Waals surface area contributed by atoms with E-state index in [1.165, 1.54) is 0 Å². The van der Waals surface area contributed by atoms with Gasteiger partial charge in [-0.2, -0.15) is 5.26 Å². The Morgan fingerprint density at radius 3 is 2.80 bits per heavy atom. The number of hydrogen-bond acceptors (Lipinski definition) is 3. The summed E-state index contributed by atoms with van der Waals surface area (Å²) in [5.74, 6) is 0.826. The third-order valence-corrected chi connectivity index (χ3v) is 3.59. The Kier molecular flexibility index (Phi) is 4.65. The quantitative estimate of drug-likeness (QED) is 0.911. The summed E-state index contributed by atoms with van der Waals surface area (Å²) in [4.78, 5) is 0. The molecule has 2 aromatic carbocycles. The van der Waals surface area contributed by atoms with E-state index in [1.807, 2.05) is 43.3 Å². The fourth-order valence-electron chi connectivity index (χ4n) is 2.04. The van der Waals surface area contributed by atoms with E-state index in [0.717, 1.165) is 27.0 Å².